The Morgan fingerprint density at radius 2 is 1.93 bits per heavy atom. The van der Waals surface area contributed by atoms with Gasteiger partial charge in [0.1, 0.15) is 9.86 Å². The molecule has 0 saturated carbocycles. The lowest BCUT2D eigenvalue weighted by molar-refractivity contribution is -0.0379. The van der Waals surface area contributed by atoms with Crippen LogP contribution in [0.4, 0.5) is 0 Å². The van der Waals surface area contributed by atoms with Gasteiger partial charge in [-0.3, -0.25) is 0 Å². The maximum atomic E-state index is 6.05. The molecule has 4 rings (SSSR count). The molecule has 0 fully saturated rings. The number of hydrogen-bond donors (Lipinski definition) is 0. The van der Waals surface area contributed by atoms with E-state index in [0.717, 1.165) is 45.8 Å². The Morgan fingerprint density at radius 3 is 2.71 bits per heavy atom. The quantitative estimate of drug-likeness (QED) is 0.247. The molecule has 148 valence electrons. The molecular weight excluding hydrogens is 404 g/mol. The molecule has 1 aliphatic rings. The molecule has 0 spiro atoms. The highest BCUT2D eigenvalue weighted by Crippen LogP contribution is 2.42. The van der Waals surface area contributed by atoms with E-state index >= 15 is 0 Å². The summed E-state index contributed by atoms with van der Waals surface area (Å²) in [7, 11) is 0. The van der Waals surface area contributed by atoms with E-state index in [9.17, 15) is 0 Å². The number of rotatable bonds is 7. The first-order chi connectivity index (χ1) is 13.6. The normalized spacial score (nSPS) is 15.7. The number of fused-ring (bicyclic) bond motifs is 3. The van der Waals surface area contributed by atoms with Crippen molar-refractivity contribution < 1.29 is 4.74 Å². The molecule has 6 heteroatoms. The summed E-state index contributed by atoms with van der Waals surface area (Å²) in [6.07, 6.45) is 3.11. The second-order valence-electron chi connectivity index (χ2n) is 7.65. The number of thiophene rings is 1. The summed E-state index contributed by atoms with van der Waals surface area (Å²) < 4.78 is 6.05. The van der Waals surface area contributed by atoms with Crippen LogP contribution in [0.25, 0.3) is 10.2 Å². The van der Waals surface area contributed by atoms with E-state index in [1.807, 2.05) is 11.8 Å². The van der Waals surface area contributed by atoms with Gasteiger partial charge in [-0.25, -0.2) is 9.97 Å². The summed E-state index contributed by atoms with van der Waals surface area (Å²) in [5, 5.41) is 3.33. The second-order valence-corrected chi connectivity index (χ2v) is 10.9. The van der Waals surface area contributed by atoms with Gasteiger partial charge >= 0.3 is 0 Å². The molecule has 0 amide bonds. The molecule has 1 aromatic carbocycles. The third-order valence-corrected chi connectivity index (χ3v) is 7.91. The van der Waals surface area contributed by atoms with Gasteiger partial charge in [0.25, 0.3) is 0 Å². The Morgan fingerprint density at radius 1 is 1.11 bits per heavy atom. The van der Waals surface area contributed by atoms with Crippen molar-refractivity contribution >= 4 is 45.1 Å². The third kappa shape index (κ3) is 4.56. The van der Waals surface area contributed by atoms with Crippen molar-refractivity contribution in [2.24, 2.45) is 0 Å². The number of aryl methyl sites for hydroxylation is 1. The topological polar surface area (TPSA) is 35.0 Å². The average Bonchev–Trinajstić information content (AvgIpc) is 3.04. The predicted molar refractivity (Wildman–Crippen MR) is 122 cm³/mol. The SMILES string of the molecule is CCCSc1nc(SCCc2ccccc2)c2c3c(sc2n1)COC(C)(C)C3. The van der Waals surface area contributed by atoms with Crippen molar-refractivity contribution in [3.05, 3.63) is 46.3 Å². The highest BCUT2D eigenvalue weighted by Gasteiger charge is 2.31. The van der Waals surface area contributed by atoms with Crippen LogP contribution in [0, 0.1) is 0 Å². The van der Waals surface area contributed by atoms with Crippen molar-refractivity contribution in [3.63, 3.8) is 0 Å². The summed E-state index contributed by atoms with van der Waals surface area (Å²) in [5.41, 5.74) is 2.66. The smallest absolute Gasteiger partial charge is 0.190 e. The lowest BCUT2D eigenvalue weighted by Gasteiger charge is -2.30. The summed E-state index contributed by atoms with van der Waals surface area (Å²) in [6, 6.07) is 10.7. The summed E-state index contributed by atoms with van der Waals surface area (Å²) in [6.45, 7) is 7.24. The first-order valence-electron chi connectivity index (χ1n) is 9.81. The molecule has 0 atom stereocenters. The highest BCUT2D eigenvalue weighted by atomic mass is 32.2. The first-order valence-corrected chi connectivity index (χ1v) is 12.6. The maximum absolute atomic E-state index is 6.05. The number of thioether (sulfide) groups is 2. The van der Waals surface area contributed by atoms with E-state index in [1.54, 1.807) is 23.1 Å². The van der Waals surface area contributed by atoms with E-state index in [2.05, 4.69) is 51.1 Å². The lowest BCUT2D eigenvalue weighted by Crippen LogP contribution is -2.31. The zero-order chi connectivity index (χ0) is 19.6. The summed E-state index contributed by atoms with van der Waals surface area (Å²) in [4.78, 5) is 12.3. The molecule has 0 N–H and O–H groups in total. The number of hydrogen-bond acceptors (Lipinski definition) is 6. The van der Waals surface area contributed by atoms with Gasteiger partial charge in [0.2, 0.25) is 0 Å². The van der Waals surface area contributed by atoms with Gasteiger partial charge in [0, 0.05) is 28.2 Å². The molecule has 28 heavy (non-hydrogen) atoms. The second kappa shape index (κ2) is 8.74. The Kier molecular flexibility index (Phi) is 6.30. The van der Waals surface area contributed by atoms with Crippen LogP contribution in [0.2, 0.25) is 0 Å². The summed E-state index contributed by atoms with van der Waals surface area (Å²) >= 11 is 5.43. The van der Waals surface area contributed by atoms with Crippen molar-refractivity contribution in [1.29, 1.82) is 0 Å². The molecule has 0 radical (unpaired) electrons. The number of benzene rings is 1. The van der Waals surface area contributed by atoms with Crippen LogP contribution in [0.5, 0.6) is 0 Å². The monoisotopic (exact) mass is 430 g/mol. The lowest BCUT2D eigenvalue weighted by atomic mass is 9.95. The van der Waals surface area contributed by atoms with Crippen LogP contribution in [0.15, 0.2) is 40.5 Å². The van der Waals surface area contributed by atoms with Crippen molar-refractivity contribution in [2.45, 2.75) is 62.4 Å². The largest absolute Gasteiger partial charge is 0.370 e. The molecule has 0 aliphatic carbocycles. The minimum absolute atomic E-state index is 0.122. The number of ether oxygens (including phenoxy) is 1. The van der Waals surface area contributed by atoms with Crippen molar-refractivity contribution in [3.8, 4) is 0 Å². The molecule has 1 aliphatic heterocycles. The zero-order valence-electron chi connectivity index (χ0n) is 16.7. The fourth-order valence-corrected chi connectivity index (χ4v) is 6.39. The van der Waals surface area contributed by atoms with E-state index in [1.165, 1.54) is 21.4 Å². The van der Waals surface area contributed by atoms with Gasteiger partial charge in [0.05, 0.1) is 12.2 Å². The van der Waals surface area contributed by atoms with E-state index < -0.39 is 0 Å². The van der Waals surface area contributed by atoms with Crippen LogP contribution in [0.1, 0.15) is 43.2 Å². The average molecular weight is 431 g/mol. The standard InChI is InChI=1S/C22H26N2OS3/c1-4-11-27-21-23-19(26-12-10-15-8-6-5-7-9-15)18-16-13-22(2,3)25-14-17(16)28-20(18)24-21/h5-9H,4,10-14H2,1-3H3. The maximum Gasteiger partial charge on any atom is 0.190 e. The highest BCUT2D eigenvalue weighted by molar-refractivity contribution is 8.00. The van der Waals surface area contributed by atoms with E-state index in [4.69, 9.17) is 14.7 Å². The predicted octanol–water partition coefficient (Wildman–Crippen LogP) is 6.38. The summed E-state index contributed by atoms with van der Waals surface area (Å²) in [5.74, 6) is 2.08. The third-order valence-electron chi connectivity index (χ3n) is 4.78. The van der Waals surface area contributed by atoms with Gasteiger partial charge in [-0.05, 0) is 37.8 Å². The first kappa shape index (κ1) is 20.2. The zero-order valence-corrected chi connectivity index (χ0v) is 19.1. The molecule has 0 unspecified atom stereocenters. The number of nitrogens with zero attached hydrogens (tertiary/aromatic N) is 2. The van der Waals surface area contributed by atoms with Crippen LogP contribution in [-0.2, 0) is 24.2 Å². The fraction of sp³-hybridized carbons (Fsp3) is 0.455. The molecule has 3 aromatic rings. The van der Waals surface area contributed by atoms with Crippen LogP contribution in [-0.4, -0.2) is 27.1 Å². The van der Waals surface area contributed by atoms with Crippen molar-refractivity contribution in [1.82, 2.24) is 9.97 Å². The Bertz CT molecular complexity index is 953. The van der Waals surface area contributed by atoms with Gasteiger partial charge in [0.15, 0.2) is 5.16 Å². The van der Waals surface area contributed by atoms with Gasteiger partial charge < -0.3 is 4.74 Å². The molecule has 2 aromatic heterocycles. The van der Waals surface area contributed by atoms with Gasteiger partial charge in [-0.2, -0.15) is 0 Å². The Labute approximate surface area is 179 Å². The van der Waals surface area contributed by atoms with Crippen molar-refractivity contribution in [2.75, 3.05) is 11.5 Å². The van der Waals surface area contributed by atoms with Crippen LogP contribution >= 0.6 is 34.9 Å². The number of aromatic nitrogens is 2. The minimum Gasteiger partial charge on any atom is -0.370 e. The molecule has 3 nitrogen and oxygen atoms in total. The van der Waals surface area contributed by atoms with Crippen LogP contribution < -0.4 is 0 Å². The fourth-order valence-electron chi connectivity index (χ4n) is 3.37. The molecule has 0 bridgehead atoms. The van der Waals surface area contributed by atoms with E-state index in [-0.39, 0.29) is 5.60 Å². The molecular formula is C22H26N2OS3. The van der Waals surface area contributed by atoms with Gasteiger partial charge in [-0.15, -0.1) is 23.1 Å². The Balaban J connectivity index is 1.66. The van der Waals surface area contributed by atoms with Crippen LogP contribution in [0.3, 0.4) is 0 Å². The molecule has 0 saturated heterocycles. The minimum atomic E-state index is -0.122. The molecule has 3 heterocycles. The van der Waals surface area contributed by atoms with E-state index in [0.29, 0.717) is 6.61 Å². The van der Waals surface area contributed by atoms with Gasteiger partial charge in [-0.1, -0.05) is 49.0 Å². The Hall–Kier alpha value is -1.08.